The minimum Gasteiger partial charge on any atom is -0.480 e. The Morgan fingerprint density at radius 3 is 3.00 bits per heavy atom. The van der Waals surface area contributed by atoms with Crippen LogP contribution in [0.25, 0.3) is 0 Å². The van der Waals surface area contributed by atoms with E-state index < -0.39 is 11.8 Å². The van der Waals surface area contributed by atoms with Gasteiger partial charge in [0.25, 0.3) is 0 Å². The third kappa shape index (κ3) is 2.36. The van der Waals surface area contributed by atoms with Gasteiger partial charge >= 0.3 is 5.97 Å². The summed E-state index contributed by atoms with van der Waals surface area (Å²) < 4.78 is 13.1. The van der Waals surface area contributed by atoms with Crippen LogP contribution < -0.4 is 5.32 Å². The summed E-state index contributed by atoms with van der Waals surface area (Å²) in [6.45, 7) is 1.11. The highest BCUT2D eigenvalue weighted by molar-refractivity contribution is 5.72. The number of rotatable bonds is 3. The number of carboxylic acids is 1. The molecule has 0 unspecified atom stereocenters. The predicted molar refractivity (Wildman–Crippen MR) is 42.9 cm³/mol. The van der Waals surface area contributed by atoms with Gasteiger partial charge in [-0.05, 0) is 6.92 Å². The molecule has 1 heterocycles. The summed E-state index contributed by atoms with van der Waals surface area (Å²) in [6.07, 6.45) is 1.17. The van der Waals surface area contributed by atoms with Crippen LogP contribution in [-0.4, -0.2) is 27.6 Å². The number of hydrogen-bond donors (Lipinski definition) is 2. The molecule has 0 aliphatic rings. The molecule has 0 amide bonds. The van der Waals surface area contributed by atoms with Crippen LogP contribution in [0.4, 0.5) is 10.2 Å². The third-order valence-electron chi connectivity index (χ3n) is 1.37. The standard InChI is InChI=1S/C7H8FN3O2/c1-4-6(8)7(11-3-10-4)9-2-5(12)13/h3H,2H2,1H3,(H,12,13)(H,9,10,11). The van der Waals surface area contributed by atoms with Crippen molar-refractivity contribution in [3.05, 3.63) is 17.8 Å². The maximum Gasteiger partial charge on any atom is 0.322 e. The van der Waals surface area contributed by atoms with Crippen LogP contribution in [0.5, 0.6) is 0 Å². The monoisotopic (exact) mass is 185 g/mol. The van der Waals surface area contributed by atoms with Crippen molar-refractivity contribution >= 4 is 11.8 Å². The van der Waals surface area contributed by atoms with Gasteiger partial charge < -0.3 is 10.4 Å². The number of carbonyl (C=O) groups is 1. The molecule has 5 nitrogen and oxygen atoms in total. The fourth-order valence-corrected chi connectivity index (χ4v) is 0.740. The summed E-state index contributed by atoms with van der Waals surface area (Å²) in [7, 11) is 0. The highest BCUT2D eigenvalue weighted by atomic mass is 19.1. The largest absolute Gasteiger partial charge is 0.480 e. The Labute approximate surface area is 73.6 Å². The van der Waals surface area contributed by atoms with Crippen molar-refractivity contribution in [3.63, 3.8) is 0 Å². The smallest absolute Gasteiger partial charge is 0.322 e. The zero-order valence-electron chi connectivity index (χ0n) is 6.91. The molecule has 0 aromatic carbocycles. The second kappa shape index (κ2) is 3.79. The maximum atomic E-state index is 13.1. The average Bonchev–Trinajstić information content (AvgIpc) is 2.07. The Hall–Kier alpha value is -1.72. The Morgan fingerprint density at radius 1 is 1.69 bits per heavy atom. The molecule has 0 bridgehead atoms. The van der Waals surface area contributed by atoms with E-state index in [0.29, 0.717) is 0 Å². The van der Waals surface area contributed by atoms with Crippen LogP contribution in [0.15, 0.2) is 6.33 Å². The van der Waals surface area contributed by atoms with Crippen LogP contribution >= 0.6 is 0 Å². The highest BCUT2D eigenvalue weighted by Gasteiger charge is 2.07. The highest BCUT2D eigenvalue weighted by Crippen LogP contribution is 2.10. The van der Waals surface area contributed by atoms with Crippen molar-refractivity contribution < 1.29 is 14.3 Å². The molecule has 13 heavy (non-hydrogen) atoms. The quantitative estimate of drug-likeness (QED) is 0.713. The van der Waals surface area contributed by atoms with Gasteiger partial charge in [-0.15, -0.1) is 0 Å². The molecule has 0 aliphatic carbocycles. The van der Waals surface area contributed by atoms with Crippen molar-refractivity contribution in [1.82, 2.24) is 9.97 Å². The molecule has 0 radical (unpaired) electrons. The van der Waals surface area contributed by atoms with Crippen molar-refractivity contribution in [2.75, 3.05) is 11.9 Å². The number of nitrogens with one attached hydrogen (secondary N) is 1. The van der Waals surface area contributed by atoms with Gasteiger partial charge in [-0.3, -0.25) is 4.79 Å². The molecule has 70 valence electrons. The van der Waals surface area contributed by atoms with E-state index in [4.69, 9.17) is 5.11 Å². The van der Waals surface area contributed by atoms with Gasteiger partial charge in [-0.25, -0.2) is 14.4 Å². The SMILES string of the molecule is Cc1ncnc(NCC(=O)O)c1F. The van der Waals surface area contributed by atoms with Gasteiger partial charge in [-0.1, -0.05) is 0 Å². The number of anilines is 1. The van der Waals surface area contributed by atoms with Crippen LogP contribution in [0, 0.1) is 12.7 Å². The molecule has 6 heteroatoms. The summed E-state index contributed by atoms with van der Waals surface area (Å²) in [5, 5.41) is 10.6. The molecule has 1 aromatic rings. The minimum absolute atomic E-state index is 0.0881. The zero-order chi connectivity index (χ0) is 9.84. The molecule has 0 fully saturated rings. The summed E-state index contributed by atoms with van der Waals surface area (Å²) in [5.41, 5.74) is 0.183. The van der Waals surface area contributed by atoms with Gasteiger partial charge in [0.2, 0.25) is 0 Å². The van der Waals surface area contributed by atoms with Gasteiger partial charge in [-0.2, -0.15) is 0 Å². The predicted octanol–water partition coefficient (Wildman–Crippen LogP) is 0.421. The van der Waals surface area contributed by atoms with E-state index in [1.807, 2.05) is 0 Å². The van der Waals surface area contributed by atoms with Crippen LogP contribution in [0.1, 0.15) is 5.69 Å². The lowest BCUT2D eigenvalue weighted by Gasteiger charge is -2.03. The summed E-state index contributed by atoms with van der Waals surface area (Å²) in [5.74, 6) is -1.78. The zero-order valence-corrected chi connectivity index (χ0v) is 6.91. The topological polar surface area (TPSA) is 75.1 Å². The summed E-state index contributed by atoms with van der Waals surface area (Å²) >= 11 is 0. The first kappa shape index (κ1) is 9.37. The van der Waals surface area contributed by atoms with E-state index in [9.17, 15) is 9.18 Å². The molecule has 0 saturated carbocycles. The number of carboxylic acid groups (broad SMARTS) is 1. The normalized spacial score (nSPS) is 9.69. The summed E-state index contributed by atoms with van der Waals surface area (Å²) in [4.78, 5) is 17.3. The van der Waals surface area contributed by atoms with Crippen molar-refractivity contribution in [1.29, 1.82) is 0 Å². The number of nitrogens with zero attached hydrogens (tertiary/aromatic N) is 2. The molecule has 0 saturated heterocycles. The van der Waals surface area contributed by atoms with Crippen molar-refractivity contribution in [3.8, 4) is 0 Å². The molecular formula is C7H8FN3O2. The number of aromatic nitrogens is 2. The molecule has 0 spiro atoms. The van der Waals surface area contributed by atoms with Gasteiger partial charge in [0, 0.05) is 0 Å². The van der Waals surface area contributed by atoms with E-state index in [0.717, 1.165) is 0 Å². The Morgan fingerprint density at radius 2 is 2.38 bits per heavy atom. The lowest BCUT2D eigenvalue weighted by atomic mass is 10.4. The first-order chi connectivity index (χ1) is 6.11. The van der Waals surface area contributed by atoms with E-state index in [-0.39, 0.29) is 18.1 Å². The number of aliphatic carboxylic acids is 1. The van der Waals surface area contributed by atoms with Crippen molar-refractivity contribution in [2.24, 2.45) is 0 Å². The fourth-order valence-electron chi connectivity index (χ4n) is 0.740. The molecule has 2 N–H and O–H groups in total. The van der Waals surface area contributed by atoms with Crippen LogP contribution in [0.2, 0.25) is 0 Å². The van der Waals surface area contributed by atoms with E-state index in [2.05, 4.69) is 15.3 Å². The molecule has 1 aromatic heterocycles. The third-order valence-corrected chi connectivity index (χ3v) is 1.37. The van der Waals surface area contributed by atoms with Crippen LogP contribution in [-0.2, 0) is 4.79 Å². The first-order valence-electron chi connectivity index (χ1n) is 3.54. The second-order valence-corrected chi connectivity index (χ2v) is 2.37. The van der Waals surface area contributed by atoms with Crippen LogP contribution in [0.3, 0.4) is 0 Å². The average molecular weight is 185 g/mol. The van der Waals surface area contributed by atoms with Gasteiger partial charge in [0.1, 0.15) is 12.9 Å². The minimum atomic E-state index is -1.07. The number of aryl methyl sites for hydroxylation is 1. The van der Waals surface area contributed by atoms with Gasteiger partial charge in [0.05, 0.1) is 5.69 Å². The Bertz CT molecular complexity index is 330. The Kier molecular flexibility index (Phi) is 2.73. The Balaban J connectivity index is 2.77. The maximum absolute atomic E-state index is 13.1. The fraction of sp³-hybridized carbons (Fsp3) is 0.286. The number of hydrogen-bond acceptors (Lipinski definition) is 4. The molecule has 1 rings (SSSR count). The van der Waals surface area contributed by atoms with E-state index >= 15 is 0 Å². The first-order valence-corrected chi connectivity index (χ1v) is 3.54. The second-order valence-electron chi connectivity index (χ2n) is 2.37. The molecular weight excluding hydrogens is 177 g/mol. The van der Waals surface area contributed by atoms with Gasteiger partial charge in [0.15, 0.2) is 11.6 Å². The lowest BCUT2D eigenvalue weighted by molar-refractivity contribution is -0.134. The van der Waals surface area contributed by atoms with E-state index in [1.165, 1.54) is 13.3 Å². The molecule has 0 aliphatic heterocycles. The lowest BCUT2D eigenvalue weighted by Crippen LogP contribution is -2.14. The summed E-state index contributed by atoms with van der Waals surface area (Å²) in [6, 6.07) is 0. The van der Waals surface area contributed by atoms with E-state index in [1.54, 1.807) is 0 Å². The number of halogens is 1. The molecule has 0 atom stereocenters. The van der Waals surface area contributed by atoms with Crippen molar-refractivity contribution in [2.45, 2.75) is 6.92 Å².